The first kappa shape index (κ1) is 18.7. The molecule has 0 spiro atoms. The van der Waals surface area contributed by atoms with Gasteiger partial charge in [-0.25, -0.2) is 9.97 Å². The first-order valence-electron chi connectivity index (χ1n) is 9.88. The number of benzene rings is 1. The van der Waals surface area contributed by atoms with Gasteiger partial charge in [-0.15, -0.1) is 0 Å². The van der Waals surface area contributed by atoms with Crippen LogP contribution in [0.5, 0.6) is 0 Å². The van der Waals surface area contributed by atoms with Gasteiger partial charge in [-0.3, -0.25) is 9.78 Å². The maximum atomic E-state index is 10.4. The summed E-state index contributed by atoms with van der Waals surface area (Å²) in [6, 6.07) is 8.21. The number of H-pyrrole nitrogens is 1. The van der Waals surface area contributed by atoms with E-state index < -0.39 is 6.10 Å². The molecule has 0 bridgehead atoms. The van der Waals surface area contributed by atoms with Crippen LogP contribution in [-0.2, 0) is 7.05 Å². The van der Waals surface area contributed by atoms with Crippen LogP contribution in [0.2, 0.25) is 0 Å². The lowest BCUT2D eigenvalue weighted by Gasteiger charge is -2.21. The molecule has 1 saturated heterocycles. The summed E-state index contributed by atoms with van der Waals surface area (Å²) in [4.78, 5) is 13.1. The van der Waals surface area contributed by atoms with E-state index in [1.165, 1.54) is 0 Å². The zero-order chi connectivity index (χ0) is 20.8. The van der Waals surface area contributed by atoms with E-state index in [9.17, 15) is 5.11 Å². The minimum atomic E-state index is -0.410. The largest absolute Gasteiger partial charge is 0.390 e. The fourth-order valence-electron chi connectivity index (χ4n) is 4.07. The molecule has 0 aliphatic carbocycles. The van der Waals surface area contributed by atoms with Crippen molar-refractivity contribution in [3.63, 3.8) is 0 Å². The zero-order valence-electron chi connectivity index (χ0n) is 17.2. The minimum Gasteiger partial charge on any atom is -0.390 e. The van der Waals surface area contributed by atoms with Gasteiger partial charge in [0.1, 0.15) is 17.8 Å². The predicted octanol–water partition coefficient (Wildman–Crippen LogP) is 1.53. The molecular formula is C21H24N8O. The van der Waals surface area contributed by atoms with E-state index in [0.717, 1.165) is 45.8 Å². The number of aromatic nitrogens is 6. The molecule has 0 amide bonds. The van der Waals surface area contributed by atoms with Gasteiger partial charge in [0.25, 0.3) is 0 Å². The molecule has 1 aliphatic heterocycles. The summed E-state index contributed by atoms with van der Waals surface area (Å²) in [7, 11) is 5.88. The molecule has 1 aliphatic rings. The van der Waals surface area contributed by atoms with Crippen LogP contribution >= 0.6 is 0 Å². The molecule has 2 N–H and O–H groups in total. The summed E-state index contributed by atoms with van der Waals surface area (Å²) in [6.45, 7) is 1.27. The Morgan fingerprint density at radius 1 is 1.13 bits per heavy atom. The van der Waals surface area contributed by atoms with Crippen molar-refractivity contribution in [1.29, 1.82) is 0 Å². The Labute approximate surface area is 174 Å². The van der Waals surface area contributed by atoms with Crippen molar-refractivity contribution in [1.82, 2.24) is 34.8 Å². The highest BCUT2D eigenvalue weighted by Crippen LogP contribution is 2.31. The number of hydrogen-bond donors (Lipinski definition) is 2. The van der Waals surface area contributed by atoms with Gasteiger partial charge >= 0.3 is 0 Å². The van der Waals surface area contributed by atoms with Crippen LogP contribution in [0.1, 0.15) is 0 Å². The number of hydrogen-bond acceptors (Lipinski definition) is 7. The molecule has 1 aromatic carbocycles. The highest BCUT2D eigenvalue weighted by atomic mass is 16.3. The quantitative estimate of drug-likeness (QED) is 0.532. The topological polar surface area (TPSA) is 99.0 Å². The van der Waals surface area contributed by atoms with Gasteiger partial charge in [-0.2, -0.15) is 10.2 Å². The van der Waals surface area contributed by atoms with Gasteiger partial charge in [0.2, 0.25) is 0 Å². The lowest BCUT2D eigenvalue weighted by molar-refractivity contribution is 0.114. The van der Waals surface area contributed by atoms with Crippen molar-refractivity contribution in [2.45, 2.75) is 12.1 Å². The molecule has 0 saturated carbocycles. The Kier molecular flexibility index (Phi) is 4.48. The maximum absolute atomic E-state index is 10.4. The third kappa shape index (κ3) is 3.21. The number of β-amino-alcohol motifs (C(OH)–C–C–N with tert-alkyl or cyclic N) is 1. The number of rotatable bonds is 4. The van der Waals surface area contributed by atoms with E-state index in [1.807, 2.05) is 50.6 Å². The molecule has 4 heterocycles. The van der Waals surface area contributed by atoms with Crippen LogP contribution in [0.25, 0.3) is 33.4 Å². The van der Waals surface area contributed by atoms with Crippen LogP contribution in [0.4, 0.5) is 5.82 Å². The summed E-state index contributed by atoms with van der Waals surface area (Å²) < 4.78 is 1.79. The van der Waals surface area contributed by atoms with Crippen LogP contribution < -0.4 is 4.90 Å². The summed E-state index contributed by atoms with van der Waals surface area (Å²) >= 11 is 0. The maximum Gasteiger partial charge on any atom is 0.132 e. The summed E-state index contributed by atoms with van der Waals surface area (Å²) in [6.07, 6.45) is 4.99. The molecule has 30 heavy (non-hydrogen) atoms. The summed E-state index contributed by atoms with van der Waals surface area (Å²) in [5.41, 5.74) is 4.60. The Morgan fingerprint density at radius 2 is 2.00 bits per heavy atom. The molecule has 154 valence electrons. The average molecular weight is 404 g/mol. The Balaban J connectivity index is 1.51. The highest BCUT2D eigenvalue weighted by molar-refractivity contribution is 5.95. The fourth-order valence-corrected chi connectivity index (χ4v) is 4.07. The van der Waals surface area contributed by atoms with E-state index >= 15 is 0 Å². The zero-order valence-corrected chi connectivity index (χ0v) is 17.2. The summed E-state index contributed by atoms with van der Waals surface area (Å²) in [5, 5.41) is 23.3. The minimum absolute atomic E-state index is 0.0802. The molecule has 0 unspecified atom stereocenters. The first-order chi connectivity index (χ1) is 14.5. The highest BCUT2D eigenvalue weighted by Gasteiger charge is 2.33. The third-order valence-corrected chi connectivity index (χ3v) is 5.74. The van der Waals surface area contributed by atoms with E-state index in [4.69, 9.17) is 0 Å². The van der Waals surface area contributed by atoms with Crippen molar-refractivity contribution >= 4 is 16.7 Å². The molecule has 0 radical (unpaired) electrons. The number of fused-ring (bicyclic) bond motifs is 1. The average Bonchev–Trinajstić information content (AvgIpc) is 3.45. The van der Waals surface area contributed by atoms with E-state index in [0.29, 0.717) is 6.54 Å². The molecule has 3 aromatic heterocycles. The van der Waals surface area contributed by atoms with Crippen molar-refractivity contribution in [3.05, 3.63) is 43.0 Å². The lowest BCUT2D eigenvalue weighted by atomic mass is 10.1. The SMILES string of the molecule is CN(C)[C@H]1CN(c2cc(-c3n[nH]c4ccc(-c5cnn(C)c5)cc34)ncn2)C[C@@H]1O. The normalized spacial score (nSPS) is 19.3. The van der Waals surface area contributed by atoms with E-state index in [2.05, 4.69) is 42.3 Å². The Hall–Kier alpha value is -3.30. The second-order valence-electron chi connectivity index (χ2n) is 8.00. The van der Waals surface area contributed by atoms with Gasteiger partial charge in [0.15, 0.2) is 0 Å². The van der Waals surface area contributed by atoms with Gasteiger partial charge in [0.05, 0.1) is 29.6 Å². The number of aliphatic hydroxyl groups is 1. The van der Waals surface area contributed by atoms with Crippen LogP contribution in [-0.4, -0.2) is 79.3 Å². The van der Waals surface area contributed by atoms with Crippen molar-refractivity contribution < 1.29 is 5.11 Å². The molecule has 1 fully saturated rings. The molecular weight excluding hydrogens is 380 g/mol. The van der Waals surface area contributed by atoms with Gasteiger partial charge in [-0.05, 0) is 31.8 Å². The lowest BCUT2D eigenvalue weighted by Crippen LogP contribution is -2.38. The van der Waals surface area contributed by atoms with Crippen molar-refractivity contribution in [2.24, 2.45) is 7.05 Å². The number of nitrogens with one attached hydrogen (secondary N) is 1. The van der Waals surface area contributed by atoms with E-state index in [-0.39, 0.29) is 6.04 Å². The van der Waals surface area contributed by atoms with E-state index in [1.54, 1.807) is 11.0 Å². The number of aryl methyl sites for hydroxylation is 1. The first-order valence-corrected chi connectivity index (χ1v) is 9.88. The number of aliphatic hydroxyl groups excluding tert-OH is 1. The number of aromatic amines is 1. The van der Waals surface area contributed by atoms with Gasteiger partial charge < -0.3 is 14.9 Å². The number of nitrogens with zero attached hydrogens (tertiary/aromatic N) is 7. The van der Waals surface area contributed by atoms with Gasteiger partial charge in [0, 0.05) is 43.4 Å². The monoisotopic (exact) mass is 404 g/mol. The molecule has 5 rings (SSSR count). The Bertz CT molecular complexity index is 1200. The standard InChI is InChI=1S/C21H24N8O/c1-27(2)18-10-29(11-19(18)30)20-7-17(22-12-23-20)21-15-6-13(4-5-16(15)25-26-21)14-8-24-28(3)9-14/h4-9,12,18-19,30H,10-11H2,1-3H3,(H,25,26)/t18-,19-/m0/s1. The second kappa shape index (κ2) is 7.19. The number of anilines is 1. The van der Waals surface area contributed by atoms with Crippen molar-refractivity contribution in [2.75, 3.05) is 32.1 Å². The molecule has 9 heteroatoms. The predicted molar refractivity (Wildman–Crippen MR) is 115 cm³/mol. The number of likely N-dealkylation sites (N-methyl/N-ethyl adjacent to an activating group) is 1. The Morgan fingerprint density at radius 3 is 2.73 bits per heavy atom. The van der Waals surface area contributed by atoms with Gasteiger partial charge in [-0.1, -0.05) is 6.07 Å². The third-order valence-electron chi connectivity index (χ3n) is 5.74. The second-order valence-corrected chi connectivity index (χ2v) is 8.00. The molecule has 2 atom stereocenters. The van der Waals surface area contributed by atoms with Crippen LogP contribution in [0.15, 0.2) is 43.0 Å². The smallest absolute Gasteiger partial charge is 0.132 e. The fraction of sp³-hybridized carbons (Fsp3) is 0.333. The molecule has 9 nitrogen and oxygen atoms in total. The van der Waals surface area contributed by atoms with Crippen LogP contribution in [0, 0.1) is 0 Å². The molecule has 4 aromatic rings. The summed E-state index contributed by atoms with van der Waals surface area (Å²) in [5.74, 6) is 0.794. The van der Waals surface area contributed by atoms with Crippen molar-refractivity contribution in [3.8, 4) is 22.5 Å². The van der Waals surface area contributed by atoms with Crippen LogP contribution in [0.3, 0.4) is 0 Å².